The van der Waals surface area contributed by atoms with Gasteiger partial charge in [0.05, 0.1) is 12.0 Å². The minimum Gasteiger partial charge on any atom is -0.387 e. The van der Waals surface area contributed by atoms with Crippen LogP contribution in [0.1, 0.15) is 43.3 Å². The molecule has 2 aromatic heterocycles. The number of anilines is 1. The Morgan fingerprint density at radius 3 is 2.44 bits per heavy atom. The van der Waals surface area contributed by atoms with Gasteiger partial charge in [0.1, 0.15) is 23.8 Å². The van der Waals surface area contributed by atoms with E-state index < -0.39 is 24.5 Å². The highest BCUT2D eigenvalue weighted by atomic mass is 16.6. The molecule has 3 aromatic rings. The first kappa shape index (κ1) is 22.3. The monoisotopic (exact) mass is 439 g/mol. The lowest BCUT2D eigenvalue weighted by atomic mass is 10.1. The molecule has 9 heteroatoms. The van der Waals surface area contributed by atoms with Crippen molar-refractivity contribution in [3.05, 3.63) is 47.4 Å². The molecule has 170 valence electrons. The van der Waals surface area contributed by atoms with Gasteiger partial charge >= 0.3 is 0 Å². The van der Waals surface area contributed by atoms with Crippen LogP contribution in [0.15, 0.2) is 30.6 Å². The molecule has 0 amide bonds. The van der Waals surface area contributed by atoms with Crippen LogP contribution in [-0.4, -0.2) is 60.4 Å². The summed E-state index contributed by atoms with van der Waals surface area (Å²) < 4.78 is 7.18. The van der Waals surface area contributed by atoms with Crippen molar-refractivity contribution in [2.75, 3.05) is 11.9 Å². The zero-order chi connectivity index (χ0) is 22.8. The first-order valence-corrected chi connectivity index (χ1v) is 10.9. The maximum absolute atomic E-state index is 11.7. The standard InChI is InChI=1S/C23H29N5O4/c1-4-5-15-6-8-16(9-7-15)10-11-24-23-26-13(2)17-21(27-23)28(12-25-17)22-19(31)18(30)20(32-22)14(3)29/h6-9,12,18-20,22,30-31H,4-5,10-11H2,1-3H3,(H,24,26,27)/t18?,19-,20+,22+/m0/s1. The van der Waals surface area contributed by atoms with Crippen LogP contribution in [0.5, 0.6) is 0 Å². The van der Waals surface area contributed by atoms with Crippen LogP contribution < -0.4 is 5.32 Å². The fourth-order valence-corrected chi connectivity index (χ4v) is 4.03. The second kappa shape index (κ2) is 9.32. The molecule has 1 aromatic carbocycles. The Labute approximate surface area is 186 Å². The Balaban J connectivity index is 1.50. The van der Waals surface area contributed by atoms with Crippen LogP contribution in [0.4, 0.5) is 5.95 Å². The van der Waals surface area contributed by atoms with Crippen molar-refractivity contribution < 1.29 is 19.7 Å². The van der Waals surface area contributed by atoms with Gasteiger partial charge in [-0.1, -0.05) is 37.6 Å². The van der Waals surface area contributed by atoms with E-state index in [1.165, 1.54) is 24.4 Å². The number of carbonyl (C=O) groups excluding carboxylic acids is 1. The van der Waals surface area contributed by atoms with E-state index in [-0.39, 0.29) is 5.78 Å². The van der Waals surface area contributed by atoms with Crippen LogP contribution in [0.2, 0.25) is 0 Å². The molecule has 1 unspecified atom stereocenters. The van der Waals surface area contributed by atoms with E-state index in [1.54, 1.807) is 4.57 Å². The van der Waals surface area contributed by atoms with E-state index in [0.717, 1.165) is 19.3 Å². The third-order valence-corrected chi connectivity index (χ3v) is 5.77. The number of hydrogen-bond acceptors (Lipinski definition) is 8. The maximum atomic E-state index is 11.7. The van der Waals surface area contributed by atoms with Crippen LogP contribution in [-0.2, 0) is 22.4 Å². The Morgan fingerprint density at radius 2 is 1.81 bits per heavy atom. The average Bonchev–Trinajstić information content (AvgIpc) is 3.31. The fraction of sp³-hybridized carbons (Fsp3) is 0.478. The predicted molar refractivity (Wildman–Crippen MR) is 119 cm³/mol. The highest BCUT2D eigenvalue weighted by Crippen LogP contribution is 2.32. The molecule has 0 saturated carbocycles. The van der Waals surface area contributed by atoms with E-state index in [0.29, 0.717) is 29.4 Å². The molecular weight excluding hydrogens is 410 g/mol. The summed E-state index contributed by atoms with van der Waals surface area (Å²) in [6, 6.07) is 8.62. The summed E-state index contributed by atoms with van der Waals surface area (Å²) in [5.41, 5.74) is 4.28. The largest absolute Gasteiger partial charge is 0.387 e. The predicted octanol–water partition coefficient (Wildman–Crippen LogP) is 1.95. The highest BCUT2D eigenvalue weighted by Gasteiger charge is 2.46. The number of aryl methyl sites for hydroxylation is 2. The topological polar surface area (TPSA) is 122 Å². The van der Waals surface area contributed by atoms with Crippen molar-refractivity contribution in [1.29, 1.82) is 0 Å². The molecule has 0 bridgehead atoms. The zero-order valence-electron chi connectivity index (χ0n) is 18.5. The molecule has 0 radical (unpaired) electrons. The van der Waals surface area contributed by atoms with Crippen molar-refractivity contribution in [2.45, 2.75) is 64.6 Å². The highest BCUT2D eigenvalue weighted by molar-refractivity contribution is 5.81. The van der Waals surface area contributed by atoms with Gasteiger partial charge in [-0.25, -0.2) is 9.97 Å². The van der Waals surface area contributed by atoms with Crippen molar-refractivity contribution >= 4 is 22.9 Å². The number of Topliss-reactive ketones (excluding diaryl/α,β-unsaturated/α-hetero) is 1. The molecular formula is C23H29N5O4. The molecule has 0 aliphatic carbocycles. The Bertz CT molecular complexity index is 1100. The lowest BCUT2D eigenvalue weighted by molar-refractivity contribution is -0.133. The number of benzene rings is 1. The summed E-state index contributed by atoms with van der Waals surface area (Å²) in [6.45, 7) is 5.98. The quantitative estimate of drug-likeness (QED) is 0.487. The van der Waals surface area contributed by atoms with E-state index in [4.69, 9.17) is 4.74 Å². The normalized spacial score (nSPS) is 23.0. The van der Waals surface area contributed by atoms with Crippen LogP contribution in [0.25, 0.3) is 11.2 Å². The number of nitrogens with zero attached hydrogens (tertiary/aromatic N) is 4. The lowest BCUT2D eigenvalue weighted by Gasteiger charge is -2.16. The minimum atomic E-state index is -1.31. The molecule has 4 atom stereocenters. The first-order chi connectivity index (χ1) is 15.4. The van der Waals surface area contributed by atoms with Gasteiger partial charge in [-0.3, -0.25) is 9.36 Å². The zero-order valence-corrected chi connectivity index (χ0v) is 18.5. The van der Waals surface area contributed by atoms with Gasteiger partial charge in [0.15, 0.2) is 17.7 Å². The molecule has 1 fully saturated rings. The van der Waals surface area contributed by atoms with E-state index in [2.05, 4.69) is 51.5 Å². The number of ether oxygens (including phenoxy) is 1. The summed E-state index contributed by atoms with van der Waals surface area (Å²) in [6.07, 6.45) is -0.107. The molecule has 4 rings (SSSR count). The Morgan fingerprint density at radius 1 is 1.12 bits per heavy atom. The number of fused-ring (bicyclic) bond motifs is 1. The van der Waals surface area contributed by atoms with Crippen molar-refractivity contribution in [1.82, 2.24) is 19.5 Å². The van der Waals surface area contributed by atoms with Crippen LogP contribution in [0.3, 0.4) is 0 Å². The van der Waals surface area contributed by atoms with E-state index >= 15 is 0 Å². The number of ketones is 1. The number of carbonyl (C=O) groups is 1. The summed E-state index contributed by atoms with van der Waals surface area (Å²) in [7, 11) is 0. The van der Waals surface area contributed by atoms with E-state index in [1.807, 2.05) is 6.92 Å². The second-order valence-corrected chi connectivity index (χ2v) is 8.24. The van der Waals surface area contributed by atoms with Gasteiger partial charge in [-0.15, -0.1) is 0 Å². The molecule has 32 heavy (non-hydrogen) atoms. The van der Waals surface area contributed by atoms with Crippen molar-refractivity contribution in [3.63, 3.8) is 0 Å². The summed E-state index contributed by atoms with van der Waals surface area (Å²) in [5.74, 6) is 0.0925. The molecule has 1 aliphatic rings. The fourth-order valence-electron chi connectivity index (χ4n) is 4.03. The minimum absolute atomic E-state index is 0.348. The molecule has 1 aliphatic heterocycles. The third-order valence-electron chi connectivity index (χ3n) is 5.77. The molecule has 0 spiro atoms. The Kier molecular flexibility index (Phi) is 6.50. The number of imidazole rings is 1. The number of aromatic nitrogens is 4. The van der Waals surface area contributed by atoms with E-state index in [9.17, 15) is 15.0 Å². The van der Waals surface area contributed by atoms with Gasteiger partial charge in [0.25, 0.3) is 0 Å². The second-order valence-electron chi connectivity index (χ2n) is 8.24. The lowest BCUT2D eigenvalue weighted by Crippen LogP contribution is -2.34. The molecule has 9 nitrogen and oxygen atoms in total. The number of rotatable bonds is 8. The third kappa shape index (κ3) is 4.36. The SMILES string of the molecule is CCCc1ccc(CCNc2nc(C)c3ncn([C@@H]4O[C@H](C(C)=O)C(O)[C@@H]4O)c3n2)cc1. The molecule has 3 heterocycles. The molecule has 1 saturated heterocycles. The van der Waals surface area contributed by atoms with Crippen LogP contribution >= 0.6 is 0 Å². The smallest absolute Gasteiger partial charge is 0.225 e. The maximum Gasteiger partial charge on any atom is 0.225 e. The molecule has 3 N–H and O–H groups in total. The van der Waals surface area contributed by atoms with Crippen LogP contribution in [0, 0.1) is 6.92 Å². The first-order valence-electron chi connectivity index (χ1n) is 10.9. The number of aliphatic hydroxyl groups is 2. The average molecular weight is 440 g/mol. The van der Waals surface area contributed by atoms with Gasteiger partial charge in [0, 0.05) is 6.54 Å². The van der Waals surface area contributed by atoms with Gasteiger partial charge in [-0.05, 0) is 37.8 Å². The van der Waals surface area contributed by atoms with Gasteiger partial charge in [0.2, 0.25) is 5.95 Å². The summed E-state index contributed by atoms with van der Waals surface area (Å²) in [5, 5.41) is 23.9. The van der Waals surface area contributed by atoms with Crippen molar-refractivity contribution in [3.8, 4) is 0 Å². The summed E-state index contributed by atoms with van der Waals surface area (Å²) in [4.78, 5) is 25.1. The van der Waals surface area contributed by atoms with Gasteiger partial charge < -0.3 is 20.3 Å². The number of hydrogen-bond donors (Lipinski definition) is 3. The van der Waals surface area contributed by atoms with Gasteiger partial charge in [-0.2, -0.15) is 4.98 Å². The number of aliphatic hydroxyl groups excluding tert-OH is 2. The number of nitrogens with one attached hydrogen (secondary N) is 1. The van der Waals surface area contributed by atoms with Crippen molar-refractivity contribution in [2.24, 2.45) is 0 Å². The Hall–Kier alpha value is -2.88. The summed E-state index contributed by atoms with van der Waals surface area (Å²) >= 11 is 0.